The second-order valence-electron chi connectivity index (χ2n) is 11.2. The Morgan fingerprint density at radius 2 is 1.78 bits per heavy atom. The highest BCUT2D eigenvalue weighted by atomic mass is 35.5. The van der Waals surface area contributed by atoms with Gasteiger partial charge < -0.3 is 5.32 Å². The molecule has 6 nitrogen and oxygen atoms in total. The third kappa shape index (κ3) is 5.68. The van der Waals surface area contributed by atoms with Crippen LogP contribution in [-0.2, 0) is 21.4 Å². The molecule has 5 rings (SSSR count). The summed E-state index contributed by atoms with van der Waals surface area (Å²) in [7, 11) is -3.74. The zero-order valence-electron chi connectivity index (χ0n) is 20.9. The number of hydrogen-bond acceptors (Lipinski definition) is 5. The molecule has 3 aliphatic carbocycles. The number of sulfonamides is 1. The molecule has 1 heterocycles. The molecule has 0 aromatic heterocycles. The van der Waals surface area contributed by atoms with E-state index in [0.717, 1.165) is 5.56 Å². The van der Waals surface area contributed by atoms with Gasteiger partial charge in [0.05, 0.1) is 18.0 Å². The van der Waals surface area contributed by atoms with Gasteiger partial charge in [-0.3, -0.25) is 14.2 Å². The maximum atomic E-state index is 13.2. The number of amidine groups is 1. The van der Waals surface area contributed by atoms with Crippen LogP contribution < -0.4 is 5.32 Å². The van der Waals surface area contributed by atoms with Crippen molar-refractivity contribution < 1.29 is 30.8 Å². The lowest BCUT2D eigenvalue weighted by Gasteiger charge is -2.73. The average Bonchev–Trinajstić information content (AvgIpc) is 3.05. The molecule has 37 heavy (non-hydrogen) atoms. The molecule has 12 heteroatoms. The van der Waals surface area contributed by atoms with E-state index in [1.807, 2.05) is 0 Å². The molecule has 0 radical (unpaired) electrons. The summed E-state index contributed by atoms with van der Waals surface area (Å²) in [5, 5.41) is 3.85. The van der Waals surface area contributed by atoms with Crippen LogP contribution in [0.3, 0.4) is 0 Å². The maximum absolute atomic E-state index is 13.2. The van der Waals surface area contributed by atoms with Crippen molar-refractivity contribution in [3.63, 3.8) is 0 Å². The fraction of sp³-hybridized carbons (Fsp3) is 0.680. The number of ketones is 1. The summed E-state index contributed by atoms with van der Waals surface area (Å²) in [6.45, 7) is 3.02. The van der Waals surface area contributed by atoms with Crippen LogP contribution in [0.25, 0.3) is 0 Å². The van der Waals surface area contributed by atoms with Crippen LogP contribution >= 0.6 is 11.6 Å². The average molecular weight is 566 g/mol. The highest BCUT2D eigenvalue weighted by Crippen LogP contribution is 2.71. The second kappa shape index (κ2) is 9.79. The number of hydrogen-bond donors (Lipinski definition) is 1. The van der Waals surface area contributed by atoms with Crippen molar-refractivity contribution in [3.05, 3.63) is 34.9 Å². The van der Waals surface area contributed by atoms with Crippen LogP contribution in [-0.4, -0.2) is 60.1 Å². The lowest BCUT2D eigenvalue weighted by atomic mass is 9.38. The van der Waals surface area contributed by atoms with Crippen molar-refractivity contribution in [2.24, 2.45) is 10.4 Å². The first-order valence-corrected chi connectivity index (χ1v) is 14.4. The van der Waals surface area contributed by atoms with Crippen molar-refractivity contribution in [3.8, 4) is 0 Å². The molecule has 0 saturated heterocycles. The minimum absolute atomic E-state index is 0.0821. The number of benzene rings is 1. The van der Waals surface area contributed by atoms with Gasteiger partial charge in [-0.2, -0.15) is 17.5 Å². The maximum Gasteiger partial charge on any atom is 0.389 e. The number of carbonyl (C=O) groups excluding carboxylic acids is 1. The zero-order valence-corrected chi connectivity index (χ0v) is 22.4. The van der Waals surface area contributed by atoms with E-state index in [2.05, 4.69) is 10.3 Å². The van der Waals surface area contributed by atoms with Gasteiger partial charge in [-0.1, -0.05) is 23.7 Å². The number of alkyl halides is 4. The van der Waals surface area contributed by atoms with E-state index in [-0.39, 0.29) is 37.3 Å². The van der Waals surface area contributed by atoms with Gasteiger partial charge in [0.15, 0.2) is 5.78 Å². The number of aliphatic imine (C=N–C) groups is 1. The molecule has 0 spiro atoms. The van der Waals surface area contributed by atoms with Crippen LogP contribution in [0.5, 0.6) is 0 Å². The SMILES string of the molecule is CC1(C)NC(C23CC(N(Cc4ccc(Cl)cc4)S(=O)(=O)CCCF)(C2)C3)=N[C@H]1C(=O)CCCC(F)(F)F. The van der Waals surface area contributed by atoms with Gasteiger partial charge in [-0.15, -0.1) is 0 Å². The topological polar surface area (TPSA) is 78.8 Å². The molecule has 1 aromatic carbocycles. The summed E-state index contributed by atoms with van der Waals surface area (Å²) in [6, 6.07) is 6.12. The first-order valence-electron chi connectivity index (χ1n) is 12.4. The van der Waals surface area contributed by atoms with E-state index in [1.54, 1.807) is 38.1 Å². The first kappa shape index (κ1) is 28.3. The number of nitrogens with one attached hydrogen (secondary N) is 1. The van der Waals surface area contributed by atoms with E-state index < -0.39 is 51.8 Å². The minimum atomic E-state index is -4.30. The number of halogens is 5. The molecule has 3 saturated carbocycles. The van der Waals surface area contributed by atoms with Gasteiger partial charge in [0, 0.05) is 35.4 Å². The summed E-state index contributed by atoms with van der Waals surface area (Å²) in [5.41, 5.74) is -0.984. The van der Waals surface area contributed by atoms with Crippen molar-refractivity contribution in [2.75, 3.05) is 12.4 Å². The number of Topliss-reactive ketones (excluding diaryl/α,β-unsaturated/α-hetero) is 1. The van der Waals surface area contributed by atoms with Crippen molar-refractivity contribution >= 4 is 33.2 Å². The minimum Gasteiger partial charge on any atom is -0.366 e. The fourth-order valence-electron chi connectivity index (χ4n) is 5.95. The Hall–Kier alpha value is -1.72. The normalized spacial score (nSPS) is 28.3. The molecular formula is C25H32ClF4N3O3S. The van der Waals surface area contributed by atoms with Crippen LogP contribution in [0.2, 0.25) is 5.02 Å². The lowest BCUT2D eigenvalue weighted by molar-refractivity contribution is -0.151. The first-order chi connectivity index (χ1) is 17.1. The molecule has 1 aliphatic heterocycles. The number of carbonyl (C=O) groups is 1. The Morgan fingerprint density at radius 3 is 2.35 bits per heavy atom. The Morgan fingerprint density at radius 1 is 1.16 bits per heavy atom. The summed E-state index contributed by atoms with van der Waals surface area (Å²) < 4.78 is 78.3. The van der Waals surface area contributed by atoms with Crippen molar-refractivity contribution in [2.45, 2.75) is 88.6 Å². The van der Waals surface area contributed by atoms with E-state index in [0.29, 0.717) is 30.1 Å². The Bertz CT molecular complexity index is 1150. The lowest BCUT2D eigenvalue weighted by Crippen LogP contribution is -2.78. The molecule has 2 bridgehead atoms. The predicted octanol–water partition coefficient (Wildman–Crippen LogP) is 5.20. The molecule has 0 unspecified atom stereocenters. The second-order valence-corrected chi connectivity index (χ2v) is 13.6. The monoisotopic (exact) mass is 565 g/mol. The standard InChI is InChI=1S/C25H32ClF4N3O3S/c1-22(2)20(19(34)5-3-10-25(28,29)30)31-21(32-22)23-14-24(15-23,16-23)33(37(35,36)12-4-11-27)13-17-6-8-18(26)9-7-17/h6-9,20H,3-5,10-16H2,1-2H3,(H,31,32)/t20-,23?,24?/m0/s1. The Labute approximate surface area is 219 Å². The molecule has 1 N–H and O–H groups in total. The van der Waals surface area contributed by atoms with Gasteiger partial charge in [-0.25, -0.2) is 8.42 Å². The third-order valence-corrected chi connectivity index (χ3v) is 9.96. The smallest absolute Gasteiger partial charge is 0.366 e. The van der Waals surface area contributed by atoms with Gasteiger partial charge >= 0.3 is 6.18 Å². The largest absolute Gasteiger partial charge is 0.389 e. The van der Waals surface area contributed by atoms with Crippen LogP contribution in [0.15, 0.2) is 29.3 Å². The van der Waals surface area contributed by atoms with E-state index in [9.17, 15) is 30.8 Å². The zero-order chi connectivity index (χ0) is 27.3. The Kier molecular flexibility index (Phi) is 7.48. The number of rotatable bonds is 12. The number of nitrogens with zero attached hydrogens (tertiary/aromatic N) is 2. The summed E-state index contributed by atoms with van der Waals surface area (Å²) >= 11 is 5.97. The fourth-order valence-corrected chi connectivity index (χ4v) is 7.90. The van der Waals surface area contributed by atoms with Gasteiger partial charge in [0.2, 0.25) is 10.0 Å². The molecular weight excluding hydrogens is 534 g/mol. The van der Waals surface area contributed by atoms with E-state index >= 15 is 0 Å². The molecule has 1 aromatic rings. The van der Waals surface area contributed by atoms with Crippen LogP contribution in [0.1, 0.15) is 64.4 Å². The predicted molar refractivity (Wildman–Crippen MR) is 134 cm³/mol. The van der Waals surface area contributed by atoms with Gasteiger partial charge in [0.1, 0.15) is 11.9 Å². The van der Waals surface area contributed by atoms with Crippen molar-refractivity contribution in [1.82, 2.24) is 9.62 Å². The van der Waals surface area contributed by atoms with Gasteiger partial charge in [-0.05, 0) is 63.6 Å². The van der Waals surface area contributed by atoms with Crippen molar-refractivity contribution in [1.29, 1.82) is 0 Å². The summed E-state index contributed by atoms with van der Waals surface area (Å²) in [6.07, 6.45) is -4.34. The highest BCUT2D eigenvalue weighted by Gasteiger charge is 2.75. The Balaban J connectivity index is 1.48. The summed E-state index contributed by atoms with van der Waals surface area (Å²) in [5.74, 6) is 0.00408. The van der Waals surface area contributed by atoms with Crippen LogP contribution in [0, 0.1) is 5.41 Å². The van der Waals surface area contributed by atoms with E-state index in [1.165, 1.54) is 4.31 Å². The molecule has 4 aliphatic rings. The molecule has 3 fully saturated rings. The van der Waals surface area contributed by atoms with E-state index in [4.69, 9.17) is 11.6 Å². The summed E-state index contributed by atoms with van der Waals surface area (Å²) in [4.78, 5) is 17.4. The highest BCUT2D eigenvalue weighted by molar-refractivity contribution is 7.89. The molecule has 0 amide bonds. The quantitative estimate of drug-likeness (QED) is 0.353. The van der Waals surface area contributed by atoms with Crippen LogP contribution in [0.4, 0.5) is 17.6 Å². The third-order valence-electron chi connectivity index (χ3n) is 7.72. The van der Waals surface area contributed by atoms with Gasteiger partial charge in [0.25, 0.3) is 0 Å². The molecule has 1 atom stereocenters. The molecule has 206 valence electrons.